The van der Waals surface area contributed by atoms with Crippen LogP contribution in [0.3, 0.4) is 0 Å². The predicted molar refractivity (Wildman–Crippen MR) is 122 cm³/mol. The third kappa shape index (κ3) is 4.85. The molecule has 3 aromatic heterocycles. The molecule has 1 fully saturated rings. The number of fused-ring (bicyclic) bond motifs is 1. The van der Waals surface area contributed by atoms with Crippen molar-refractivity contribution in [2.45, 2.75) is 26.3 Å². The number of pyridine rings is 3. The van der Waals surface area contributed by atoms with Gasteiger partial charge in [-0.2, -0.15) is 0 Å². The van der Waals surface area contributed by atoms with Crippen LogP contribution >= 0.6 is 0 Å². The summed E-state index contributed by atoms with van der Waals surface area (Å²) in [7, 11) is 1.43. The monoisotopic (exact) mass is 456 g/mol. The van der Waals surface area contributed by atoms with E-state index in [-0.39, 0.29) is 16.9 Å². The Labute approximate surface area is 189 Å². The van der Waals surface area contributed by atoms with E-state index in [1.165, 1.54) is 13.1 Å². The van der Waals surface area contributed by atoms with Crippen LogP contribution < -0.4 is 15.8 Å². The van der Waals surface area contributed by atoms with Gasteiger partial charge in [-0.1, -0.05) is 6.92 Å². The van der Waals surface area contributed by atoms with Crippen LogP contribution in [0.15, 0.2) is 35.3 Å². The lowest BCUT2D eigenvalue weighted by Gasteiger charge is -2.36. The zero-order valence-corrected chi connectivity index (χ0v) is 18.6. The molecule has 1 aliphatic heterocycles. The molecule has 0 saturated carbocycles. The smallest absolute Gasteiger partial charge is 0.282 e. The molecule has 0 unspecified atom stereocenters. The van der Waals surface area contributed by atoms with E-state index in [0.717, 1.165) is 11.1 Å². The van der Waals surface area contributed by atoms with Crippen LogP contribution in [0.25, 0.3) is 11.0 Å². The maximum absolute atomic E-state index is 13.6. The van der Waals surface area contributed by atoms with Crippen molar-refractivity contribution in [1.82, 2.24) is 25.2 Å². The van der Waals surface area contributed by atoms with Gasteiger partial charge in [0, 0.05) is 51.5 Å². The number of carbonyl (C=O) groups excluding carboxylic acids is 1. The molecule has 0 aliphatic carbocycles. The van der Waals surface area contributed by atoms with Crippen molar-refractivity contribution in [1.29, 1.82) is 0 Å². The van der Waals surface area contributed by atoms with Gasteiger partial charge in [0.05, 0.1) is 16.7 Å². The molecule has 1 amide bonds. The largest absolute Gasteiger partial charge is 0.367 e. The van der Waals surface area contributed by atoms with Gasteiger partial charge in [0.15, 0.2) is 0 Å². The molecule has 1 saturated heterocycles. The van der Waals surface area contributed by atoms with E-state index < -0.39 is 12.3 Å². The Morgan fingerprint density at radius 2 is 1.97 bits per heavy atom. The van der Waals surface area contributed by atoms with Gasteiger partial charge in [0.1, 0.15) is 11.4 Å². The van der Waals surface area contributed by atoms with Gasteiger partial charge >= 0.3 is 0 Å². The summed E-state index contributed by atoms with van der Waals surface area (Å²) in [5, 5.41) is 2.40. The number of aromatic amines is 1. The number of nitrogens with one attached hydrogen (secondary N) is 2. The molecule has 2 N–H and O–H groups in total. The van der Waals surface area contributed by atoms with E-state index in [0.29, 0.717) is 55.9 Å². The Hall–Kier alpha value is -3.40. The van der Waals surface area contributed by atoms with E-state index >= 15 is 0 Å². The summed E-state index contributed by atoms with van der Waals surface area (Å²) in [5.41, 5.74) is 3.00. The fourth-order valence-electron chi connectivity index (χ4n) is 4.07. The second kappa shape index (κ2) is 9.62. The first-order chi connectivity index (χ1) is 15.9. The second-order valence-corrected chi connectivity index (χ2v) is 8.00. The minimum atomic E-state index is -2.78. The number of hydrogen-bond acceptors (Lipinski definition) is 6. The van der Waals surface area contributed by atoms with Gasteiger partial charge in [0.2, 0.25) is 0 Å². The summed E-state index contributed by atoms with van der Waals surface area (Å²) in [5.74, 6) is -0.496. The van der Waals surface area contributed by atoms with Gasteiger partial charge in [-0.15, -0.1) is 0 Å². The van der Waals surface area contributed by atoms with Crippen molar-refractivity contribution in [3.63, 3.8) is 0 Å². The van der Waals surface area contributed by atoms with E-state index in [1.807, 2.05) is 30.2 Å². The SMILES string of the molecule is CCc1cc2ncc(CN3CCN(c4ccc(C(=O)NC)nc4C(F)F)CC3)cc2[nH]c1=O. The highest BCUT2D eigenvalue weighted by Gasteiger charge is 2.25. The Morgan fingerprint density at radius 1 is 1.21 bits per heavy atom. The molecule has 1 aliphatic rings. The first-order valence-electron chi connectivity index (χ1n) is 10.9. The third-order valence-electron chi connectivity index (χ3n) is 5.89. The summed E-state index contributed by atoms with van der Waals surface area (Å²) >= 11 is 0. The van der Waals surface area contributed by atoms with Gasteiger partial charge < -0.3 is 15.2 Å². The molecule has 10 heteroatoms. The molecule has 3 aromatic rings. The van der Waals surface area contributed by atoms with Crippen LogP contribution in [-0.4, -0.2) is 59.0 Å². The molecule has 0 aromatic carbocycles. The number of aromatic nitrogens is 3. The topological polar surface area (TPSA) is 94.2 Å². The number of halogens is 2. The second-order valence-electron chi connectivity index (χ2n) is 8.00. The average molecular weight is 456 g/mol. The number of H-pyrrole nitrogens is 1. The number of alkyl halides is 2. The van der Waals surface area contributed by atoms with E-state index in [9.17, 15) is 18.4 Å². The van der Waals surface area contributed by atoms with Crippen molar-refractivity contribution in [3.05, 3.63) is 63.3 Å². The first kappa shape index (κ1) is 22.8. The molecule has 0 atom stereocenters. The van der Waals surface area contributed by atoms with Gasteiger partial charge in [-0.05, 0) is 36.2 Å². The molecule has 33 heavy (non-hydrogen) atoms. The molecule has 0 spiro atoms. The van der Waals surface area contributed by atoms with Gasteiger partial charge in [-0.3, -0.25) is 19.5 Å². The minimum Gasteiger partial charge on any atom is -0.367 e. The fourth-order valence-corrected chi connectivity index (χ4v) is 4.07. The molecule has 0 radical (unpaired) electrons. The molecular weight excluding hydrogens is 430 g/mol. The fraction of sp³-hybridized carbons (Fsp3) is 0.391. The molecule has 174 valence electrons. The summed E-state index contributed by atoms with van der Waals surface area (Å²) < 4.78 is 27.3. The number of anilines is 1. The number of rotatable bonds is 6. The van der Waals surface area contributed by atoms with Gasteiger partial charge in [-0.25, -0.2) is 13.8 Å². The summed E-state index contributed by atoms with van der Waals surface area (Å²) in [6.07, 6.45) is -0.319. The minimum absolute atomic E-state index is 0.0249. The Morgan fingerprint density at radius 3 is 2.64 bits per heavy atom. The number of hydrogen-bond donors (Lipinski definition) is 2. The maximum atomic E-state index is 13.6. The van der Waals surface area contributed by atoms with Crippen LogP contribution in [0.4, 0.5) is 14.5 Å². The van der Waals surface area contributed by atoms with Crippen molar-refractivity contribution in [2.24, 2.45) is 0 Å². The molecule has 4 heterocycles. The van der Waals surface area contributed by atoms with Crippen LogP contribution in [0.1, 0.15) is 40.7 Å². The first-order valence-corrected chi connectivity index (χ1v) is 10.9. The highest BCUT2D eigenvalue weighted by atomic mass is 19.3. The quantitative estimate of drug-likeness (QED) is 0.592. The molecular formula is C23H26F2N6O2. The highest BCUT2D eigenvalue weighted by Crippen LogP contribution is 2.29. The predicted octanol–water partition coefficient (Wildman–Crippen LogP) is 2.50. The van der Waals surface area contributed by atoms with Crippen molar-refractivity contribution in [3.8, 4) is 0 Å². The van der Waals surface area contributed by atoms with Crippen molar-refractivity contribution >= 4 is 22.6 Å². The van der Waals surface area contributed by atoms with Crippen molar-refractivity contribution < 1.29 is 13.6 Å². The maximum Gasteiger partial charge on any atom is 0.282 e. The van der Waals surface area contributed by atoms with Crippen molar-refractivity contribution in [2.75, 3.05) is 38.1 Å². The molecule has 0 bridgehead atoms. The van der Waals surface area contributed by atoms with Crippen LogP contribution in [0, 0.1) is 0 Å². The Bertz CT molecular complexity index is 1220. The zero-order chi connectivity index (χ0) is 23.5. The van der Waals surface area contributed by atoms with Crippen LogP contribution in [-0.2, 0) is 13.0 Å². The van der Waals surface area contributed by atoms with Crippen LogP contribution in [0.5, 0.6) is 0 Å². The summed E-state index contributed by atoms with van der Waals surface area (Å²) in [6.45, 7) is 5.02. The van der Waals surface area contributed by atoms with E-state index in [1.54, 1.807) is 6.07 Å². The Balaban J connectivity index is 1.45. The van der Waals surface area contributed by atoms with E-state index in [4.69, 9.17) is 0 Å². The Kier molecular flexibility index (Phi) is 6.64. The lowest BCUT2D eigenvalue weighted by Crippen LogP contribution is -2.46. The number of carbonyl (C=O) groups is 1. The number of amides is 1. The number of nitrogens with zero attached hydrogens (tertiary/aromatic N) is 4. The average Bonchev–Trinajstić information content (AvgIpc) is 2.83. The lowest BCUT2D eigenvalue weighted by atomic mass is 10.1. The van der Waals surface area contributed by atoms with Gasteiger partial charge in [0.25, 0.3) is 17.9 Å². The number of piperazine rings is 1. The molecule has 4 rings (SSSR count). The lowest BCUT2D eigenvalue weighted by molar-refractivity contribution is 0.0956. The third-order valence-corrected chi connectivity index (χ3v) is 5.89. The summed E-state index contributed by atoms with van der Waals surface area (Å²) in [4.78, 5) is 39.2. The normalized spacial score (nSPS) is 14.8. The van der Waals surface area contributed by atoms with E-state index in [2.05, 4.69) is 25.2 Å². The van der Waals surface area contributed by atoms with Crippen LogP contribution in [0.2, 0.25) is 0 Å². The summed E-state index contributed by atoms with van der Waals surface area (Å²) in [6, 6.07) is 6.77. The standard InChI is InChI=1S/C23H26F2N6O2/c1-3-15-11-17-18(29-22(15)32)10-14(12-27-17)13-30-6-8-31(9-7-30)19-5-4-16(23(33)26-2)28-20(19)21(24)25/h4-5,10-12,21H,3,6-9,13H2,1-2H3,(H,26,33)(H,29,32). The highest BCUT2D eigenvalue weighted by molar-refractivity contribution is 5.92. The number of aryl methyl sites for hydroxylation is 1. The zero-order valence-electron chi connectivity index (χ0n) is 18.6. The molecule has 8 nitrogen and oxygen atoms in total.